The second-order valence-electron chi connectivity index (χ2n) is 17.7. The minimum Gasteiger partial charge on any atom is -0.371 e. The molecule has 6 aliphatic heterocycles. The molecule has 6 aliphatic rings. The molecule has 0 spiro atoms. The number of hydrogen-bond donors (Lipinski definition) is 2. The Balaban J connectivity index is 0.755. The summed E-state index contributed by atoms with van der Waals surface area (Å²) in [6.45, 7) is 6.19. The zero-order valence-corrected chi connectivity index (χ0v) is 35.3. The highest BCUT2D eigenvalue weighted by Crippen LogP contribution is 2.38. The third-order valence-corrected chi connectivity index (χ3v) is 13.9. The van der Waals surface area contributed by atoms with Gasteiger partial charge in [-0.3, -0.25) is 43.9 Å². The topological polar surface area (TPSA) is 176 Å². The van der Waals surface area contributed by atoms with Gasteiger partial charge in [0.25, 0.3) is 30.1 Å². The molecule has 6 amide bonds. The monoisotopic (exact) mass is 877 g/mol. The molecule has 17 nitrogen and oxygen atoms in total. The molecule has 10 rings (SSSR count). The van der Waals surface area contributed by atoms with Crippen molar-refractivity contribution in [2.24, 2.45) is 5.92 Å². The molecule has 334 valence electrons. The number of halogens is 2. The van der Waals surface area contributed by atoms with Gasteiger partial charge in [-0.1, -0.05) is 0 Å². The number of benzene rings is 2. The van der Waals surface area contributed by atoms with Crippen LogP contribution in [0, 0.1) is 5.92 Å². The second kappa shape index (κ2) is 17.0. The Bertz CT molecular complexity index is 2540. The quantitative estimate of drug-likeness (QED) is 0.223. The molecular weight excluding hydrogens is 829 g/mol. The molecule has 19 heteroatoms. The van der Waals surface area contributed by atoms with Gasteiger partial charge in [0.2, 0.25) is 11.8 Å². The van der Waals surface area contributed by atoms with Crippen LogP contribution in [0.2, 0.25) is 0 Å². The number of nitrogens with zero attached hydrogens (tertiary/aromatic N) is 9. The largest absolute Gasteiger partial charge is 0.371 e. The van der Waals surface area contributed by atoms with Crippen molar-refractivity contribution in [1.82, 2.24) is 39.5 Å². The summed E-state index contributed by atoms with van der Waals surface area (Å²) in [6.07, 6.45) is 6.13. The van der Waals surface area contributed by atoms with Crippen LogP contribution in [-0.4, -0.2) is 154 Å². The lowest BCUT2D eigenvalue weighted by molar-refractivity contribution is -0.136. The van der Waals surface area contributed by atoms with E-state index in [0.717, 1.165) is 74.6 Å². The second-order valence-corrected chi connectivity index (χ2v) is 17.7. The van der Waals surface area contributed by atoms with Crippen molar-refractivity contribution < 1.29 is 37.5 Å². The average molecular weight is 878 g/mol. The summed E-state index contributed by atoms with van der Waals surface area (Å²) in [5.41, 5.74) is 4.79. The lowest BCUT2D eigenvalue weighted by atomic mass is 9.94. The van der Waals surface area contributed by atoms with Crippen molar-refractivity contribution >= 4 is 58.2 Å². The predicted octanol–water partition coefficient (Wildman–Crippen LogP) is 3.11. The summed E-state index contributed by atoms with van der Waals surface area (Å²) in [4.78, 5) is 94.4. The van der Waals surface area contributed by atoms with Gasteiger partial charge in [-0.15, -0.1) is 0 Å². The molecule has 0 radical (unpaired) electrons. The number of piperazine rings is 1. The molecule has 4 saturated heterocycles. The molecule has 4 fully saturated rings. The van der Waals surface area contributed by atoms with Gasteiger partial charge in [-0.05, 0) is 80.0 Å². The molecule has 1 atom stereocenters. The van der Waals surface area contributed by atoms with Crippen molar-refractivity contribution in [2.45, 2.75) is 63.6 Å². The van der Waals surface area contributed by atoms with Crippen molar-refractivity contribution in [3.8, 4) is 0 Å². The van der Waals surface area contributed by atoms with Gasteiger partial charge in [0.1, 0.15) is 11.6 Å². The first kappa shape index (κ1) is 41.7. The van der Waals surface area contributed by atoms with Crippen molar-refractivity contribution in [3.05, 3.63) is 82.8 Å². The SMILES string of the molecule is O=C1CCC(N2C(=O)c3ccc(N4CCC(CN5CCC(N6Cc7cc(NC(=O)c8cnn9cccnc89)c(N8CCN(CC(F)F)CC8)cc7C6=O)CC5)CC4)cc3C2=O)C(=O)N1. The molecule has 64 heavy (non-hydrogen) atoms. The number of imide groups is 2. The summed E-state index contributed by atoms with van der Waals surface area (Å²) >= 11 is 0. The maximum atomic E-state index is 14.2. The summed E-state index contributed by atoms with van der Waals surface area (Å²) in [7, 11) is 0. The summed E-state index contributed by atoms with van der Waals surface area (Å²) < 4.78 is 27.9. The third kappa shape index (κ3) is 7.84. The van der Waals surface area contributed by atoms with E-state index in [1.54, 1.807) is 35.5 Å². The molecule has 2 N–H and O–H groups in total. The minimum atomic E-state index is -2.42. The van der Waals surface area contributed by atoms with Crippen LogP contribution in [0.4, 0.5) is 25.8 Å². The third-order valence-electron chi connectivity index (χ3n) is 13.9. The number of aromatic nitrogens is 3. The molecule has 0 bridgehead atoms. The maximum absolute atomic E-state index is 14.2. The highest BCUT2D eigenvalue weighted by atomic mass is 19.3. The molecule has 0 aliphatic carbocycles. The average Bonchev–Trinajstić information content (AvgIpc) is 3.95. The normalized spacial score (nSPS) is 21.7. The van der Waals surface area contributed by atoms with E-state index in [2.05, 4.69) is 35.4 Å². The van der Waals surface area contributed by atoms with Crippen LogP contribution in [0.1, 0.15) is 85.5 Å². The molecule has 8 heterocycles. The van der Waals surface area contributed by atoms with Crippen LogP contribution in [0.3, 0.4) is 0 Å². The summed E-state index contributed by atoms with van der Waals surface area (Å²) in [5, 5.41) is 9.57. The predicted molar refractivity (Wildman–Crippen MR) is 229 cm³/mol. The molecule has 4 aromatic rings. The Labute approximate surface area is 367 Å². The molecular formula is C45H49F2N11O6. The first-order chi connectivity index (χ1) is 31.0. The van der Waals surface area contributed by atoms with E-state index >= 15 is 0 Å². The highest BCUT2D eigenvalue weighted by Gasteiger charge is 2.45. The van der Waals surface area contributed by atoms with Crippen LogP contribution < -0.4 is 20.4 Å². The zero-order valence-electron chi connectivity index (χ0n) is 35.3. The number of nitrogens with one attached hydrogen (secondary N) is 2. The van der Waals surface area contributed by atoms with E-state index in [4.69, 9.17) is 0 Å². The van der Waals surface area contributed by atoms with E-state index in [-0.39, 0.29) is 48.4 Å². The number of fused-ring (bicyclic) bond motifs is 3. The highest BCUT2D eigenvalue weighted by molar-refractivity contribution is 6.23. The van der Waals surface area contributed by atoms with Gasteiger partial charge in [0.15, 0.2) is 5.65 Å². The van der Waals surface area contributed by atoms with Crippen molar-refractivity contribution in [2.75, 3.05) is 80.6 Å². The molecule has 1 unspecified atom stereocenters. The maximum Gasteiger partial charge on any atom is 0.262 e. The van der Waals surface area contributed by atoms with E-state index < -0.39 is 36.1 Å². The summed E-state index contributed by atoms with van der Waals surface area (Å²) in [6, 6.07) is 9.82. The fourth-order valence-electron chi connectivity index (χ4n) is 10.4. The van der Waals surface area contributed by atoms with Crippen molar-refractivity contribution in [1.29, 1.82) is 0 Å². The number of anilines is 3. The van der Waals surface area contributed by atoms with E-state index in [1.807, 2.05) is 23.1 Å². The lowest BCUT2D eigenvalue weighted by Gasteiger charge is -2.40. The Morgan fingerprint density at radius 3 is 2.33 bits per heavy atom. The van der Waals surface area contributed by atoms with Gasteiger partial charge in [-0.2, -0.15) is 5.10 Å². The number of carbonyl (C=O) groups is 6. The fourth-order valence-corrected chi connectivity index (χ4v) is 10.4. The zero-order chi connectivity index (χ0) is 44.2. The van der Waals surface area contributed by atoms with Crippen LogP contribution >= 0.6 is 0 Å². The molecule has 2 aromatic heterocycles. The van der Waals surface area contributed by atoms with E-state index in [9.17, 15) is 37.5 Å². The van der Waals surface area contributed by atoms with Crippen LogP contribution in [0.15, 0.2) is 55.0 Å². The Kier molecular flexibility index (Phi) is 11.1. The number of rotatable bonds is 10. The summed E-state index contributed by atoms with van der Waals surface area (Å²) in [5.74, 6) is -2.00. The standard InChI is InChI=1S/C45H49F2N11O6/c46-38(47)26-53-16-18-55(19-17-53)37-22-32-28(20-35(37)50-41(60)34-23-49-57-11-1-10-48-40(34)57)25-56(43(32)62)29-8-12-52(13-9-29)24-27-6-14-54(15-7-27)30-2-3-31-33(21-30)45(64)58(44(31)63)36-4-5-39(59)51-42(36)61/h1-3,10-11,20-23,27,29,36,38H,4-9,12-19,24-26H2,(H,50,60)(H,51,59,61). The van der Waals surface area contributed by atoms with Crippen LogP contribution in [0.25, 0.3) is 5.65 Å². The van der Waals surface area contributed by atoms with Crippen LogP contribution in [0.5, 0.6) is 0 Å². The first-order valence-corrected chi connectivity index (χ1v) is 22.1. The van der Waals surface area contributed by atoms with Gasteiger partial charge >= 0.3 is 0 Å². The number of piperidine rings is 3. The molecule has 0 saturated carbocycles. The number of alkyl halides is 2. The van der Waals surface area contributed by atoms with E-state index in [1.165, 1.54) is 10.7 Å². The number of amides is 6. The Hall–Kier alpha value is -6.34. The molecule has 2 aromatic carbocycles. The first-order valence-electron chi connectivity index (χ1n) is 22.1. The van der Waals surface area contributed by atoms with Gasteiger partial charge in [0, 0.05) is 102 Å². The Morgan fingerprint density at radius 1 is 0.812 bits per heavy atom. The van der Waals surface area contributed by atoms with Crippen molar-refractivity contribution in [3.63, 3.8) is 0 Å². The minimum absolute atomic E-state index is 0.0376. The fraction of sp³-hybridized carbons (Fsp3) is 0.467. The number of likely N-dealkylation sites (tertiary alicyclic amines) is 1. The van der Waals surface area contributed by atoms with Gasteiger partial charge in [-0.25, -0.2) is 18.3 Å². The Morgan fingerprint density at radius 2 is 1.58 bits per heavy atom. The van der Waals surface area contributed by atoms with Gasteiger partial charge in [0.05, 0.1) is 35.2 Å². The number of carbonyl (C=O) groups excluding carboxylic acids is 6. The van der Waals surface area contributed by atoms with Crippen LogP contribution in [-0.2, 0) is 16.1 Å². The lowest BCUT2D eigenvalue weighted by Crippen LogP contribution is -2.54. The smallest absolute Gasteiger partial charge is 0.262 e. The van der Waals surface area contributed by atoms with E-state index in [0.29, 0.717) is 66.8 Å². The number of hydrogen-bond acceptors (Lipinski definition) is 12. The van der Waals surface area contributed by atoms with Gasteiger partial charge < -0.3 is 24.9 Å².